The van der Waals surface area contributed by atoms with Crippen molar-refractivity contribution in [3.63, 3.8) is 0 Å². The molecule has 2 aliphatic rings. The standard InChI is InChI=1S/C24H27ClN4O3/c1-27(2)23(31)17-9-10-19-21(13-17)29(24(32)20-8-3-4-11-28(19)20)15-22(30)26-14-16-6-5-7-18(25)12-16/h5-7,9-10,12-13,20H,3-4,8,11,14-15H2,1-2H3,(H,26,30)/t20-/m0/s1. The highest BCUT2D eigenvalue weighted by atomic mass is 35.5. The van der Waals surface area contributed by atoms with E-state index >= 15 is 0 Å². The fourth-order valence-corrected chi connectivity index (χ4v) is 4.57. The van der Waals surface area contributed by atoms with Gasteiger partial charge in [0.05, 0.1) is 11.4 Å². The minimum Gasteiger partial charge on any atom is -0.358 e. The van der Waals surface area contributed by atoms with Gasteiger partial charge < -0.3 is 15.1 Å². The molecule has 0 aliphatic carbocycles. The fourth-order valence-electron chi connectivity index (χ4n) is 4.36. The van der Waals surface area contributed by atoms with Crippen molar-refractivity contribution in [1.82, 2.24) is 10.2 Å². The Balaban J connectivity index is 1.60. The maximum Gasteiger partial charge on any atom is 0.253 e. The van der Waals surface area contributed by atoms with Crippen LogP contribution in [0.3, 0.4) is 0 Å². The SMILES string of the molecule is CN(C)C(=O)c1ccc2c(c1)N(CC(=O)NCc1cccc(Cl)c1)C(=O)[C@@H]1CCCCN21. The molecule has 2 aliphatic heterocycles. The van der Waals surface area contributed by atoms with Crippen LogP contribution in [0.25, 0.3) is 0 Å². The van der Waals surface area contributed by atoms with Gasteiger partial charge in [-0.1, -0.05) is 23.7 Å². The highest BCUT2D eigenvalue weighted by Gasteiger charge is 2.40. The molecule has 168 valence electrons. The molecule has 2 heterocycles. The quantitative estimate of drug-likeness (QED) is 0.753. The number of hydrogen-bond acceptors (Lipinski definition) is 4. The summed E-state index contributed by atoms with van der Waals surface area (Å²) in [6, 6.07) is 12.4. The normalized spacial score (nSPS) is 17.5. The smallest absolute Gasteiger partial charge is 0.253 e. The van der Waals surface area contributed by atoms with Gasteiger partial charge in [-0.2, -0.15) is 0 Å². The highest BCUT2D eigenvalue weighted by molar-refractivity contribution is 6.30. The summed E-state index contributed by atoms with van der Waals surface area (Å²) >= 11 is 6.02. The average Bonchev–Trinajstić information content (AvgIpc) is 2.79. The van der Waals surface area contributed by atoms with Crippen LogP contribution in [0.5, 0.6) is 0 Å². The Hall–Kier alpha value is -3.06. The number of piperidine rings is 1. The van der Waals surface area contributed by atoms with E-state index in [1.165, 1.54) is 9.80 Å². The van der Waals surface area contributed by atoms with E-state index in [2.05, 4.69) is 10.2 Å². The minimum atomic E-state index is -0.271. The zero-order valence-corrected chi connectivity index (χ0v) is 19.1. The Morgan fingerprint density at radius 1 is 1.12 bits per heavy atom. The lowest BCUT2D eigenvalue weighted by molar-refractivity contribution is -0.125. The summed E-state index contributed by atoms with van der Waals surface area (Å²) in [7, 11) is 3.38. The van der Waals surface area contributed by atoms with Crippen LogP contribution < -0.4 is 15.1 Å². The first-order valence-electron chi connectivity index (χ1n) is 10.8. The summed E-state index contributed by atoms with van der Waals surface area (Å²) in [5.74, 6) is -0.506. The third-order valence-electron chi connectivity index (χ3n) is 5.96. The maximum absolute atomic E-state index is 13.4. The molecule has 7 nitrogen and oxygen atoms in total. The fraction of sp³-hybridized carbons (Fsp3) is 0.375. The molecule has 0 saturated carbocycles. The lowest BCUT2D eigenvalue weighted by Crippen LogP contribution is -2.57. The topological polar surface area (TPSA) is 73.0 Å². The molecule has 4 rings (SSSR count). The van der Waals surface area contributed by atoms with E-state index in [1.807, 2.05) is 18.2 Å². The number of amides is 3. The maximum atomic E-state index is 13.4. The number of nitrogens with zero attached hydrogens (tertiary/aromatic N) is 3. The van der Waals surface area contributed by atoms with Crippen molar-refractivity contribution in [1.29, 1.82) is 0 Å². The number of rotatable bonds is 5. The van der Waals surface area contributed by atoms with Crippen molar-refractivity contribution in [2.75, 3.05) is 37.0 Å². The van der Waals surface area contributed by atoms with Gasteiger partial charge in [-0.25, -0.2) is 0 Å². The van der Waals surface area contributed by atoms with Crippen LogP contribution >= 0.6 is 11.6 Å². The molecule has 0 aromatic heterocycles. The molecule has 32 heavy (non-hydrogen) atoms. The Morgan fingerprint density at radius 3 is 2.69 bits per heavy atom. The summed E-state index contributed by atoms with van der Waals surface area (Å²) in [5.41, 5.74) is 2.88. The van der Waals surface area contributed by atoms with Gasteiger partial charge >= 0.3 is 0 Å². The molecule has 0 bridgehead atoms. The first-order valence-corrected chi connectivity index (χ1v) is 11.2. The molecule has 1 saturated heterocycles. The molecule has 1 fully saturated rings. The Morgan fingerprint density at radius 2 is 1.94 bits per heavy atom. The molecule has 3 amide bonds. The van der Waals surface area contributed by atoms with Gasteiger partial charge in [0.2, 0.25) is 11.8 Å². The predicted octanol–water partition coefficient (Wildman–Crippen LogP) is 3.06. The predicted molar refractivity (Wildman–Crippen MR) is 125 cm³/mol. The number of benzene rings is 2. The van der Waals surface area contributed by atoms with E-state index in [0.29, 0.717) is 22.8 Å². The summed E-state index contributed by atoms with van der Waals surface area (Å²) in [5, 5.41) is 3.48. The molecular weight excluding hydrogens is 428 g/mol. The first-order chi connectivity index (χ1) is 15.3. The van der Waals surface area contributed by atoms with Gasteiger partial charge in [0.15, 0.2) is 0 Å². The second kappa shape index (κ2) is 9.20. The summed E-state index contributed by atoms with van der Waals surface area (Å²) < 4.78 is 0. The second-order valence-electron chi connectivity index (χ2n) is 8.44. The van der Waals surface area contributed by atoms with Crippen molar-refractivity contribution >= 4 is 40.7 Å². The molecule has 0 unspecified atom stereocenters. The van der Waals surface area contributed by atoms with Crippen molar-refractivity contribution in [2.24, 2.45) is 0 Å². The number of fused-ring (bicyclic) bond motifs is 3. The number of carbonyl (C=O) groups is 3. The molecule has 0 radical (unpaired) electrons. The zero-order chi connectivity index (χ0) is 22.8. The van der Waals surface area contributed by atoms with Gasteiger partial charge in [-0.05, 0) is 55.2 Å². The first kappa shape index (κ1) is 22.1. The summed E-state index contributed by atoms with van der Waals surface area (Å²) in [4.78, 5) is 43.8. The summed E-state index contributed by atoms with van der Waals surface area (Å²) in [6.45, 7) is 1.01. The average molecular weight is 455 g/mol. The molecule has 8 heteroatoms. The van der Waals surface area contributed by atoms with E-state index in [-0.39, 0.29) is 30.3 Å². The van der Waals surface area contributed by atoms with Crippen LogP contribution in [0.15, 0.2) is 42.5 Å². The Labute approximate surface area is 192 Å². The molecule has 1 atom stereocenters. The van der Waals surface area contributed by atoms with Crippen LogP contribution in [0, 0.1) is 0 Å². The molecule has 2 aromatic carbocycles. The van der Waals surface area contributed by atoms with E-state index in [0.717, 1.165) is 37.1 Å². The van der Waals surface area contributed by atoms with Gasteiger partial charge in [0, 0.05) is 37.8 Å². The number of halogens is 1. The van der Waals surface area contributed by atoms with Crippen molar-refractivity contribution in [3.8, 4) is 0 Å². The van der Waals surface area contributed by atoms with Gasteiger partial charge in [-0.15, -0.1) is 0 Å². The van der Waals surface area contributed by atoms with Gasteiger partial charge in [0.1, 0.15) is 12.6 Å². The second-order valence-corrected chi connectivity index (χ2v) is 8.88. The van der Waals surface area contributed by atoms with E-state index in [1.54, 1.807) is 38.4 Å². The van der Waals surface area contributed by atoms with Crippen LogP contribution in [0.2, 0.25) is 5.02 Å². The molecule has 0 spiro atoms. The number of nitrogens with one attached hydrogen (secondary N) is 1. The van der Waals surface area contributed by atoms with Crippen molar-refractivity contribution in [2.45, 2.75) is 31.8 Å². The molecule has 2 aromatic rings. The summed E-state index contributed by atoms with van der Waals surface area (Å²) in [6.07, 6.45) is 2.76. The van der Waals surface area contributed by atoms with E-state index in [9.17, 15) is 14.4 Å². The minimum absolute atomic E-state index is 0.0930. The number of carbonyl (C=O) groups excluding carboxylic acids is 3. The third-order valence-corrected chi connectivity index (χ3v) is 6.20. The van der Waals surface area contributed by atoms with Gasteiger partial charge in [0.25, 0.3) is 5.91 Å². The third kappa shape index (κ3) is 4.43. The van der Waals surface area contributed by atoms with Crippen molar-refractivity contribution < 1.29 is 14.4 Å². The Kier molecular flexibility index (Phi) is 6.37. The highest BCUT2D eigenvalue weighted by Crippen LogP contribution is 2.40. The van der Waals surface area contributed by atoms with Crippen LogP contribution in [-0.4, -0.2) is 55.8 Å². The molecule has 1 N–H and O–H groups in total. The van der Waals surface area contributed by atoms with E-state index in [4.69, 9.17) is 11.6 Å². The monoisotopic (exact) mass is 454 g/mol. The van der Waals surface area contributed by atoms with Crippen molar-refractivity contribution in [3.05, 3.63) is 58.6 Å². The lowest BCUT2D eigenvalue weighted by atomic mass is 9.95. The largest absolute Gasteiger partial charge is 0.358 e. The zero-order valence-electron chi connectivity index (χ0n) is 18.3. The number of anilines is 2. The van der Waals surface area contributed by atoms with E-state index < -0.39 is 0 Å². The van der Waals surface area contributed by atoms with Crippen LogP contribution in [0.1, 0.15) is 35.2 Å². The van der Waals surface area contributed by atoms with Crippen LogP contribution in [0.4, 0.5) is 11.4 Å². The molecular formula is C24H27ClN4O3. The Bertz CT molecular complexity index is 1060. The lowest BCUT2D eigenvalue weighted by Gasteiger charge is -2.45. The number of hydrogen-bond donors (Lipinski definition) is 1. The van der Waals surface area contributed by atoms with Crippen LogP contribution in [-0.2, 0) is 16.1 Å². The van der Waals surface area contributed by atoms with Gasteiger partial charge in [-0.3, -0.25) is 19.3 Å².